The van der Waals surface area contributed by atoms with E-state index in [9.17, 15) is 4.79 Å². The Morgan fingerprint density at radius 2 is 2.33 bits per heavy atom. The summed E-state index contributed by atoms with van der Waals surface area (Å²) in [5, 5.41) is 2.77. The molecule has 0 spiro atoms. The normalized spacial score (nSPS) is 15.2. The van der Waals surface area contributed by atoms with Gasteiger partial charge in [-0.3, -0.25) is 4.79 Å². The number of carbonyl (C=O) groups excluding carboxylic acids is 1. The van der Waals surface area contributed by atoms with E-state index in [-0.39, 0.29) is 5.91 Å². The van der Waals surface area contributed by atoms with E-state index in [1.165, 1.54) is 6.08 Å². The van der Waals surface area contributed by atoms with Crippen LogP contribution in [-0.4, -0.2) is 35.5 Å². The molecule has 0 aliphatic carbocycles. The molecule has 2 rings (SSSR count). The first-order valence-electron chi connectivity index (χ1n) is 5.97. The Balaban J connectivity index is 2.00. The molecule has 0 aromatic carbocycles. The highest BCUT2D eigenvalue weighted by Gasteiger charge is 2.12. The van der Waals surface area contributed by atoms with Gasteiger partial charge in [0.05, 0.1) is 0 Å². The highest BCUT2D eigenvalue weighted by Crippen LogP contribution is 2.17. The van der Waals surface area contributed by atoms with Gasteiger partial charge in [0.25, 0.3) is 0 Å². The van der Waals surface area contributed by atoms with Gasteiger partial charge < -0.3 is 10.2 Å². The summed E-state index contributed by atoms with van der Waals surface area (Å²) in [5.41, 5.74) is 1.06. The number of carbonyl (C=O) groups is 1. The maximum absolute atomic E-state index is 11.1. The number of amides is 1. The molecule has 0 atom stereocenters. The van der Waals surface area contributed by atoms with E-state index in [1.54, 1.807) is 6.20 Å². The number of rotatable bonds is 4. The third-order valence-corrected chi connectivity index (χ3v) is 3.74. The second-order valence-corrected chi connectivity index (χ2v) is 5.27. The fraction of sp³-hybridized carbons (Fsp3) is 0.385. The van der Waals surface area contributed by atoms with E-state index in [2.05, 4.69) is 21.8 Å². The zero-order valence-corrected chi connectivity index (χ0v) is 11.1. The van der Waals surface area contributed by atoms with Crippen molar-refractivity contribution in [3.05, 3.63) is 36.5 Å². The molecule has 1 aliphatic heterocycles. The van der Waals surface area contributed by atoms with Crippen molar-refractivity contribution >= 4 is 23.5 Å². The first-order valence-corrected chi connectivity index (χ1v) is 7.13. The molecule has 4 nitrogen and oxygen atoms in total. The molecule has 0 saturated carbocycles. The van der Waals surface area contributed by atoms with E-state index >= 15 is 0 Å². The summed E-state index contributed by atoms with van der Waals surface area (Å²) in [5.74, 6) is 3.15. The number of thioether (sulfide) groups is 1. The molecule has 1 aliphatic rings. The summed E-state index contributed by atoms with van der Waals surface area (Å²) < 4.78 is 0. The van der Waals surface area contributed by atoms with E-state index in [0.29, 0.717) is 6.54 Å². The molecular weight excluding hydrogens is 246 g/mol. The Kier molecular flexibility index (Phi) is 4.64. The average molecular weight is 263 g/mol. The summed E-state index contributed by atoms with van der Waals surface area (Å²) in [6.45, 7) is 6.03. The smallest absolute Gasteiger partial charge is 0.243 e. The van der Waals surface area contributed by atoms with Crippen LogP contribution in [0.15, 0.2) is 31.0 Å². The van der Waals surface area contributed by atoms with Crippen molar-refractivity contribution in [3.63, 3.8) is 0 Å². The molecule has 1 saturated heterocycles. The predicted octanol–water partition coefficient (Wildman–Crippen LogP) is 1.44. The predicted molar refractivity (Wildman–Crippen MR) is 75.8 cm³/mol. The highest BCUT2D eigenvalue weighted by molar-refractivity contribution is 7.99. The Labute approximate surface area is 111 Å². The third kappa shape index (κ3) is 3.50. The van der Waals surface area contributed by atoms with Crippen molar-refractivity contribution in [2.24, 2.45) is 0 Å². The molecule has 5 heteroatoms. The largest absolute Gasteiger partial charge is 0.355 e. The first kappa shape index (κ1) is 13.0. The number of anilines is 1. The molecule has 1 fully saturated rings. The highest BCUT2D eigenvalue weighted by atomic mass is 32.2. The Morgan fingerprint density at radius 1 is 1.56 bits per heavy atom. The maximum atomic E-state index is 11.1. The van der Waals surface area contributed by atoms with Crippen LogP contribution < -0.4 is 10.2 Å². The monoisotopic (exact) mass is 263 g/mol. The van der Waals surface area contributed by atoms with Gasteiger partial charge in [0, 0.05) is 37.3 Å². The van der Waals surface area contributed by atoms with Gasteiger partial charge in [-0.05, 0) is 23.8 Å². The SMILES string of the molecule is C=CC(=O)NCc1ccnc(N2CCSCC2)c1. The van der Waals surface area contributed by atoms with Crippen molar-refractivity contribution in [1.82, 2.24) is 10.3 Å². The summed E-state index contributed by atoms with van der Waals surface area (Å²) in [7, 11) is 0. The lowest BCUT2D eigenvalue weighted by molar-refractivity contribution is -0.116. The van der Waals surface area contributed by atoms with Gasteiger partial charge in [-0.15, -0.1) is 0 Å². The molecule has 0 bridgehead atoms. The minimum atomic E-state index is -0.150. The van der Waals surface area contributed by atoms with Gasteiger partial charge in [-0.1, -0.05) is 6.58 Å². The number of aromatic nitrogens is 1. The molecule has 1 aromatic rings. The van der Waals surface area contributed by atoms with E-state index in [0.717, 1.165) is 36.0 Å². The maximum Gasteiger partial charge on any atom is 0.243 e. The molecule has 18 heavy (non-hydrogen) atoms. The second-order valence-electron chi connectivity index (χ2n) is 4.04. The van der Waals surface area contributed by atoms with Gasteiger partial charge in [-0.25, -0.2) is 4.98 Å². The number of nitrogens with one attached hydrogen (secondary N) is 1. The van der Waals surface area contributed by atoms with Crippen LogP contribution >= 0.6 is 11.8 Å². The molecule has 96 valence electrons. The number of hydrogen-bond acceptors (Lipinski definition) is 4. The van der Waals surface area contributed by atoms with Gasteiger partial charge in [0.1, 0.15) is 5.82 Å². The lowest BCUT2D eigenvalue weighted by Crippen LogP contribution is -2.33. The van der Waals surface area contributed by atoms with Gasteiger partial charge >= 0.3 is 0 Å². The minimum Gasteiger partial charge on any atom is -0.355 e. The van der Waals surface area contributed by atoms with Gasteiger partial charge in [-0.2, -0.15) is 11.8 Å². The molecule has 0 radical (unpaired) electrons. The molecule has 0 unspecified atom stereocenters. The quantitative estimate of drug-likeness (QED) is 0.835. The summed E-state index contributed by atoms with van der Waals surface area (Å²) in [6.07, 6.45) is 3.08. The van der Waals surface area contributed by atoms with E-state index in [1.807, 2.05) is 23.9 Å². The Morgan fingerprint density at radius 3 is 3.06 bits per heavy atom. The minimum absolute atomic E-state index is 0.150. The number of pyridine rings is 1. The van der Waals surface area contributed by atoms with E-state index in [4.69, 9.17) is 0 Å². The van der Waals surface area contributed by atoms with Crippen molar-refractivity contribution in [3.8, 4) is 0 Å². The van der Waals surface area contributed by atoms with Crippen LogP contribution in [0.25, 0.3) is 0 Å². The average Bonchev–Trinajstić information content (AvgIpc) is 2.46. The Hall–Kier alpha value is -1.49. The number of hydrogen-bond donors (Lipinski definition) is 1. The molecule has 2 heterocycles. The standard InChI is InChI=1S/C13H17N3OS/c1-2-13(17)15-10-11-3-4-14-12(9-11)16-5-7-18-8-6-16/h2-4,9H,1,5-8,10H2,(H,15,17). The van der Waals surface area contributed by atoms with Crippen LogP contribution in [0.5, 0.6) is 0 Å². The topological polar surface area (TPSA) is 45.2 Å². The van der Waals surface area contributed by atoms with Crippen molar-refractivity contribution in [2.45, 2.75) is 6.54 Å². The molecule has 1 amide bonds. The van der Waals surface area contributed by atoms with Crippen molar-refractivity contribution in [2.75, 3.05) is 29.5 Å². The third-order valence-electron chi connectivity index (χ3n) is 2.80. The Bertz CT molecular complexity index is 430. The van der Waals surface area contributed by atoms with Crippen LogP contribution in [0.3, 0.4) is 0 Å². The second kappa shape index (κ2) is 6.44. The fourth-order valence-electron chi connectivity index (χ4n) is 1.80. The molecular formula is C13H17N3OS. The lowest BCUT2D eigenvalue weighted by Gasteiger charge is -2.27. The van der Waals surface area contributed by atoms with Gasteiger partial charge in [0.15, 0.2) is 0 Å². The van der Waals surface area contributed by atoms with Gasteiger partial charge in [0.2, 0.25) is 5.91 Å². The van der Waals surface area contributed by atoms with Crippen LogP contribution in [-0.2, 0) is 11.3 Å². The number of nitrogens with zero attached hydrogens (tertiary/aromatic N) is 2. The van der Waals surface area contributed by atoms with Crippen molar-refractivity contribution < 1.29 is 4.79 Å². The first-order chi connectivity index (χ1) is 8.79. The summed E-state index contributed by atoms with van der Waals surface area (Å²) >= 11 is 1.98. The summed E-state index contributed by atoms with van der Waals surface area (Å²) in [4.78, 5) is 17.8. The van der Waals surface area contributed by atoms with Crippen LogP contribution in [0.2, 0.25) is 0 Å². The van der Waals surface area contributed by atoms with Crippen LogP contribution in [0, 0.1) is 0 Å². The fourth-order valence-corrected chi connectivity index (χ4v) is 2.70. The van der Waals surface area contributed by atoms with Crippen molar-refractivity contribution in [1.29, 1.82) is 0 Å². The van der Waals surface area contributed by atoms with Crippen LogP contribution in [0.4, 0.5) is 5.82 Å². The zero-order valence-electron chi connectivity index (χ0n) is 10.3. The molecule has 1 N–H and O–H groups in total. The van der Waals surface area contributed by atoms with Crippen LogP contribution in [0.1, 0.15) is 5.56 Å². The zero-order chi connectivity index (χ0) is 12.8. The molecule has 1 aromatic heterocycles. The lowest BCUT2D eigenvalue weighted by atomic mass is 10.2. The summed E-state index contributed by atoms with van der Waals surface area (Å²) in [6, 6.07) is 3.96. The van der Waals surface area contributed by atoms with E-state index < -0.39 is 0 Å².